The number of nitrogens with zero attached hydrogens (tertiary/aromatic N) is 2. The lowest BCUT2D eigenvalue weighted by molar-refractivity contribution is -0.135. The molecule has 7 heteroatoms. The first-order chi connectivity index (χ1) is 9.71. The Morgan fingerprint density at radius 3 is 2.38 bits per heavy atom. The molecule has 1 unspecified atom stereocenters. The Kier molecular flexibility index (Phi) is 4.95. The first kappa shape index (κ1) is 16.7. The van der Waals surface area contributed by atoms with E-state index in [2.05, 4.69) is 5.32 Å². The Labute approximate surface area is 127 Å². The Morgan fingerprint density at radius 1 is 1.19 bits per heavy atom. The molecule has 2 saturated heterocycles. The monoisotopic (exact) mass is 317 g/mol. The zero-order valence-corrected chi connectivity index (χ0v) is 14.1. The van der Waals surface area contributed by atoms with Crippen LogP contribution in [-0.4, -0.2) is 68.0 Å². The fraction of sp³-hybridized carbons (Fsp3) is 0.929. The quantitative estimate of drug-likeness (QED) is 0.810. The Bertz CT molecular complexity index is 478. The zero-order valence-electron chi connectivity index (χ0n) is 13.3. The minimum absolute atomic E-state index is 0.0218. The van der Waals surface area contributed by atoms with Crippen molar-refractivity contribution in [3.8, 4) is 0 Å². The number of rotatable bonds is 3. The van der Waals surface area contributed by atoms with Crippen LogP contribution in [0.1, 0.15) is 33.6 Å². The molecule has 1 atom stereocenters. The van der Waals surface area contributed by atoms with Crippen LogP contribution in [-0.2, 0) is 14.8 Å². The van der Waals surface area contributed by atoms with E-state index in [0.29, 0.717) is 26.1 Å². The summed E-state index contributed by atoms with van der Waals surface area (Å²) in [4.78, 5) is 14.4. The van der Waals surface area contributed by atoms with Crippen LogP contribution in [0.25, 0.3) is 0 Å². The molecule has 2 aliphatic heterocycles. The molecule has 0 aromatic carbocycles. The molecule has 21 heavy (non-hydrogen) atoms. The molecule has 2 aliphatic rings. The highest BCUT2D eigenvalue weighted by atomic mass is 32.2. The van der Waals surface area contributed by atoms with Crippen LogP contribution in [0.4, 0.5) is 0 Å². The van der Waals surface area contributed by atoms with Crippen molar-refractivity contribution in [3.63, 3.8) is 0 Å². The summed E-state index contributed by atoms with van der Waals surface area (Å²) in [5, 5.41) is 3.21. The van der Waals surface area contributed by atoms with Gasteiger partial charge in [0.2, 0.25) is 15.9 Å². The van der Waals surface area contributed by atoms with E-state index in [4.69, 9.17) is 0 Å². The summed E-state index contributed by atoms with van der Waals surface area (Å²) in [7, 11) is -3.38. The van der Waals surface area contributed by atoms with E-state index in [0.717, 1.165) is 19.5 Å². The van der Waals surface area contributed by atoms with Gasteiger partial charge in [0, 0.05) is 32.7 Å². The number of carbonyl (C=O) groups excluding carboxylic acids is 1. The lowest BCUT2D eigenvalue weighted by Gasteiger charge is -2.33. The number of sulfonamides is 1. The van der Waals surface area contributed by atoms with Gasteiger partial charge in [-0.3, -0.25) is 4.79 Å². The van der Waals surface area contributed by atoms with Gasteiger partial charge >= 0.3 is 0 Å². The van der Waals surface area contributed by atoms with Gasteiger partial charge in [0.15, 0.2) is 0 Å². The van der Waals surface area contributed by atoms with Gasteiger partial charge in [-0.1, -0.05) is 20.8 Å². The minimum atomic E-state index is -3.38. The van der Waals surface area contributed by atoms with Crippen LogP contribution in [0.3, 0.4) is 0 Å². The Balaban J connectivity index is 2.10. The molecule has 1 N–H and O–H groups in total. The molecule has 0 saturated carbocycles. The second kappa shape index (κ2) is 6.22. The molecule has 6 nitrogen and oxygen atoms in total. The summed E-state index contributed by atoms with van der Waals surface area (Å²) in [5.41, 5.74) is -0.302. The minimum Gasteiger partial charge on any atom is -0.339 e. The van der Waals surface area contributed by atoms with Crippen molar-refractivity contribution >= 4 is 15.9 Å². The van der Waals surface area contributed by atoms with Crippen molar-refractivity contribution in [1.82, 2.24) is 14.5 Å². The van der Waals surface area contributed by atoms with E-state index >= 15 is 0 Å². The van der Waals surface area contributed by atoms with Crippen molar-refractivity contribution in [2.24, 2.45) is 5.41 Å². The van der Waals surface area contributed by atoms with Gasteiger partial charge in [-0.2, -0.15) is 4.31 Å². The molecule has 2 fully saturated rings. The predicted octanol–water partition coefficient (Wildman–Crippen LogP) is 0.259. The molecular formula is C14H27N3O3S. The molecule has 0 radical (unpaired) electrons. The van der Waals surface area contributed by atoms with E-state index in [9.17, 15) is 13.2 Å². The molecule has 0 aromatic rings. The fourth-order valence-electron chi connectivity index (χ4n) is 3.05. The maximum Gasteiger partial charge on any atom is 0.241 e. The highest BCUT2D eigenvalue weighted by Crippen LogP contribution is 2.27. The second-order valence-corrected chi connectivity index (χ2v) is 9.08. The van der Waals surface area contributed by atoms with Crippen molar-refractivity contribution in [2.75, 3.05) is 38.5 Å². The van der Waals surface area contributed by atoms with Gasteiger partial charge in [0.1, 0.15) is 6.04 Å². The first-order valence-electron chi connectivity index (χ1n) is 7.70. The van der Waals surface area contributed by atoms with E-state index < -0.39 is 16.1 Å². The van der Waals surface area contributed by atoms with Gasteiger partial charge in [-0.15, -0.1) is 0 Å². The largest absolute Gasteiger partial charge is 0.339 e. The molecular weight excluding hydrogens is 290 g/mol. The zero-order chi connectivity index (χ0) is 15.7. The highest BCUT2D eigenvalue weighted by Gasteiger charge is 2.41. The third-order valence-electron chi connectivity index (χ3n) is 3.89. The third kappa shape index (κ3) is 4.17. The normalized spacial score (nSPS) is 25.3. The topological polar surface area (TPSA) is 69.7 Å². The van der Waals surface area contributed by atoms with Crippen molar-refractivity contribution in [2.45, 2.75) is 39.7 Å². The first-order valence-corrected chi connectivity index (χ1v) is 9.31. The van der Waals surface area contributed by atoms with Crippen LogP contribution in [0, 0.1) is 5.41 Å². The number of amides is 1. The highest BCUT2D eigenvalue weighted by molar-refractivity contribution is 7.89. The fourth-order valence-corrected chi connectivity index (χ4v) is 5.30. The van der Waals surface area contributed by atoms with E-state index in [-0.39, 0.29) is 17.1 Å². The van der Waals surface area contributed by atoms with Crippen LogP contribution < -0.4 is 5.32 Å². The average Bonchev–Trinajstić information content (AvgIpc) is 2.86. The van der Waals surface area contributed by atoms with Crippen molar-refractivity contribution in [1.29, 1.82) is 0 Å². The maximum absolute atomic E-state index is 12.6. The van der Waals surface area contributed by atoms with E-state index in [1.807, 2.05) is 20.8 Å². The molecule has 1 amide bonds. The van der Waals surface area contributed by atoms with Crippen LogP contribution in [0.15, 0.2) is 0 Å². The maximum atomic E-state index is 12.6. The van der Waals surface area contributed by atoms with Gasteiger partial charge in [0.05, 0.1) is 5.75 Å². The van der Waals surface area contributed by atoms with E-state index in [1.165, 1.54) is 4.31 Å². The second-order valence-electron chi connectivity index (χ2n) is 7.16. The SMILES string of the molecule is CC(C)(C)CS(=O)(=O)N1CCCC1C(=O)N1CCNCC1. The molecule has 0 aromatic heterocycles. The molecule has 0 spiro atoms. The van der Waals surface area contributed by atoms with Gasteiger partial charge in [-0.05, 0) is 18.3 Å². The lowest BCUT2D eigenvalue weighted by atomic mass is 10.0. The third-order valence-corrected chi connectivity index (χ3v) is 6.27. The summed E-state index contributed by atoms with van der Waals surface area (Å²) in [6, 6.07) is -0.490. The predicted molar refractivity (Wildman–Crippen MR) is 82.4 cm³/mol. The average molecular weight is 317 g/mol. The van der Waals surface area contributed by atoms with Crippen LogP contribution in [0.5, 0.6) is 0 Å². The van der Waals surface area contributed by atoms with Crippen LogP contribution >= 0.6 is 0 Å². The Morgan fingerprint density at radius 2 is 1.81 bits per heavy atom. The molecule has 0 aliphatic carbocycles. The number of nitrogens with one attached hydrogen (secondary N) is 1. The lowest BCUT2D eigenvalue weighted by Crippen LogP contribution is -2.54. The number of carbonyl (C=O) groups is 1. The number of piperazine rings is 1. The van der Waals surface area contributed by atoms with Crippen LogP contribution in [0.2, 0.25) is 0 Å². The molecule has 0 bridgehead atoms. The molecule has 2 rings (SSSR count). The van der Waals surface area contributed by atoms with Crippen molar-refractivity contribution in [3.05, 3.63) is 0 Å². The van der Waals surface area contributed by atoms with E-state index in [1.54, 1.807) is 4.90 Å². The summed E-state index contributed by atoms with van der Waals surface area (Å²) in [6.45, 7) is 9.11. The van der Waals surface area contributed by atoms with Crippen molar-refractivity contribution < 1.29 is 13.2 Å². The number of hydrogen-bond acceptors (Lipinski definition) is 4. The standard InChI is InChI=1S/C14H27N3O3S/c1-14(2,3)11-21(19,20)17-8-4-5-12(17)13(18)16-9-6-15-7-10-16/h12,15H,4-11H2,1-3H3. The smallest absolute Gasteiger partial charge is 0.241 e. The summed E-state index contributed by atoms with van der Waals surface area (Å²) in [5.74, 6) is 0.0669. The summed E-state index contributed by atoms with van der Waals surface area (Å²) >= 11 is 0. The van der Waals surface area contributed by atoms with Gasteiger partial charge in [-0.25, -0.2) is 8.42 Å². The molecule has 2 heterocycles. The van der Waals surface area contributed by atoms with Gasteiger partial charge < -0.3 is 10.2 Å². The van der Waals surface area contributed by atoms with Gasteiger partial charge in [0.25, 0.3) is 0 Å². The Hall–Kier alpha value is -0.660. The number of hydrogen-bond donors (Lipinski definition) is 1. The summed E-state index contributed by atoms with van der Waals surface area (Å²) in [6.07, 6.45) is 1.41. The molecule has 122 valence electrons. The summed E-state index contributed by atoms with van der Waals surface area (Å²) < 4.78 is 26.6.